The van der Waals surface area contributed by atoms with Crippen molar-refractivity contribution in [2.75, 3.05) is 33.4 Å². The Morgan fingerprint density at radius 2 is 1.69 bits per heavy atom. The normalized spacial score (nSPS) is 26.2. The Morgan fingerprint density at radius 3 is 2.41 bits per heavy atom. The van der Waals surface area contributed by atoms with Gasteiger partial charge in [-0.15, -0.1) is 0 Å². The highest BCUT2D eigenvalue weighted by molar-refractivity contribution is 6.02. The van der Waals surface area contributed by atoms with Gasteiger partial charge in [-0.3, -0.25) is 0 Å². The van der Waals surface area contributed by atoms with E-state index in [2.05, 4.69) is 85.1 Å². The standard InChI is InChI=1S/C36H39NO2/c1-24-11-10-18-36(2)28(24)17-16-27-29(36)23-30(38-3)34-33(27)31(25-12-6-4-7-13-25)32(26-14-8-5-9-15-26)35(34)37-19-21-39-22-20-37/h4-9,12-15,23,28,31H,1,10-11,16-22H2,2-3H3/t28-,31?,36-/m0/s1. The van der Waals surface area contributed by atoms with Crippen LogP contribution in [0.2, 0.25) is 0 Å². The first kappa shape index (κ1) is 24.7. The van der Waals surface area contributed by atoms with Crippen LogP contribution in [-0.2, 0) is 16.6 Å². The number of morpholine rings is 1. The molecule has 0 amide bonds. The molecule has 3 aliphatic carbocycles. The van der Waals surface area contributed by atoms with Crippen molar-refractivity contribution in [1.29, 1.82) is 0 Å². The summed E-state index contributed by atoms with van der Waals surface area (Å²) in [5.41, 5.74) is 12.8. The summed E-state index contributed by atoms with van der Waals surface area (Å²) in [4.78, 5) is 2.57. The maximum atomic E-state index is 6.35. The van der Waals surface area contributed by atoms with Crippen molar-refractivity contribution < 1.29 is 9.47 Å². The van der Waals surface area contributed by atoms with Gasteiger partial charge in [-0.2, -0.15) is 0 Å². The molecule has 2 fully saturated rings. The summed E-state index contributed by atoms with van der Waals surface area (Å²) in [7, 11) is 1.86. The minimum atomic E-state index is 0.112. The smallest absolute Gasteiger partial charge is 0.128 e. The largest absolute Gasteiger partial charge is 0.496 e. The summed E-state index contributed by atoms with van der Waals surface area (Å²) in [6.07, 6.45) is 5.90. The number of allylic oxidation sites excluding steroid dienone is 2. The van der Waals surface area contributed by atoms with Gasteiger partial charge < -0.3 is 14.4 Å². The highest BCUT2D eigenvalue weighted by Gasteiger charge is 2.48. The molecular weight excluding hydrogens is 478 g/mol. The zero-order chi connectivity index (χ0) is 26.6. The Labute approximate surface area is 233 Å². The SMILES string of the molecule is C=C1CCC[C@]2(C)c3cc(OC)c4c(c3CC[C@@H]12)C(c1ccccc1)C(c1ccccc1)=C4N1CCOCC1. The Bertz CT molecular complexity index is 1430. The van der Waals surface area contributed by atoms with Crippen LogP contribution in [-0.4, -0.2) is 38.3 Å². The molecule has 3 atom stereocenters. The third-order valence-electron chi connectivity index (χ3n) is 10.0. The second-order valence-electron chi connectivity index (χ2n) is 12.0. The molecule has 4 aliphatic rings. The molecule has 1 saturated carbocycles. The van der Waals surface area contributed by atoms with Gasteiger partial charge in [0.15, 0.2) is 0 Å². The predicted octanol–water partition coefficient (Wildman–Crippen LogP) is 7.60. The van der Waals surface area contributed by atoms with Gasteiger partial charge in [0.25, 0.3) is 0 Å². The molecule has 200 valence electrons. The lowest BCUT2D eigenvalue weighted by Crippen LogP contribution is -2.41. The third kappa shape index (κ3) is 3.81. The van der Waals surface area contributed by atoms with Crippen molar-refractivity contribution in [3.8, 4) is 5.75 Å². The number of hydrogen-bond donors (Lipinski definition) is 0. The van der Waals surface area contributed by atoms with Crippen molar-refractivity contribution in [1.82, 2.24) is 4.90 Å². The van der Waals surface area contributed by atoms with Crippen LogP contribution in [0.1, 0.15) is 71.9 Å². The molecule has 0 bridgehead atoms. The fourth-order valence-electron chi connectivity index (χ4n) is 8.27. The average Bonchev–Trinajstić information content (AvgIpc) is 3.35. The van der Waals surface area contributed by atoms with Gasteiger partial charge in [0.1, 0.15) is 5.75 Å². The van der Waals surface area contributed by atoms with E-state index in [0.29, 0.717) is 5.92 Å². The van der Waals surface area contributed by atoms with E-state index < -0.39 is 0 Å². The van der Waals surface area contributed by atoms with Crippen molar-refractivity contribution in [3.63, 3.8) is 0 Å². The molecule has 3 nitrogen and oxygen atoms in total. The van der Waals surface area contributed by atoms with Crippen molar-refractivity contribution >= 4 is 11.3 Å². The molecule has 1 aliphatic heterocycles. The molecule has 0 N–H and O–H groups in total. The monoisotopic (exact) mass is 517 g/mol. The molecule has 0 radical (unpaired) electrons. The summed E-state index contributed by atoms with van der Waals surface area (Å²) in [5.74, 6) is 1.74. The van der Waals surface area contributed by atoms with Crippen LogP contribution < -0.4 is 4.74 Å². The van der Waals surface area contributed by atoms with Gasteiger partial charge >= 0.3 is 0 Å². The maximum absolute atomic E-state index is 6.35. The van der Waals surface area contributed by atoms with E-state index >= 15 is 0 Å². The van der Waals surface area contributed by atoms with Gasteiger partial charge in [0, 0.05) is 24.6 Å². The lowest BCUT2D eigenvalue weighted by atomic mass is 9.56. The molecule has 0 aromatic heterocycles. The van der Waals surface area contributed by atoms with Crippen molar-refractivity contribution in [3.05, 3.63) is 112 Å². The number of ether oxygens (including phenoxy) is 2. The molecule has 3 aromatic rings. The van der Waals surface area contributed by atoms with Gasteiger partial charge in [0.2, 0.25) is 0 Å². The van der Waals surface area contributed by atoms with E-state index in [1.807, 2.05) is 7.11 Å². The Balaban J connectivity index is 1.55. The zero-order valence-electron chi connectivity index (χ0n) is 23.3. The zero-order valence-corrected chi connectivity index (χ0v) is 23.3. The fourth-order valence-corrected chi connectivity index (χ4v) is 8.27. The molecule has 3 aromatic carbocycles. The first-order chi connectivity index (χ1) is 19.1. The van der Waals surface area contributed by atoms with Crippen LogP contribution >= 0.6 is 0 Å². The quantitative estimate of drug-likeness (QED) is 0.333. The number of fused-ring (bicyclic) bond motifs is 5. The number of methoxy groups -OCH3 is 1. The van der Waals surface area contributed by atoms with Crippen molar-refractivity contribution in [2.45, 2.75) is 50.4 Å². The summed E-state index contributed by atoms with van der Waals surface area (Å²) in [5, 5.41) is 0. The van der Waals surface area contributed by atoms with Gasteiger partial charge in [-0.25, -0.2) is 0 Å². The van der Waals surface area contributed by atoms with Crippen LogP contribution in [0.3, 0.4) is 0 Å². The van der Waals surface area contributed by atoms with Gasteiger partial charge in [-0.05, 0) is 82.9 Å². The predicted molar refractivity (Wildman–Crippen MR) is 159 cm³/mol. The molecule has 39 heavy (non-hydrogen) atoms. The fraction of sp³-hybridized carbons (Fsp3) is 0.389. The van der Waals surface area contributed by atoms with Crippen LogP contribution in [0.15, 0.2) is 78.9 Å². The molecule has 3 heteroatoms. The van der Waals surface area contributed by atoms with E-state index in [1.165, 1.54) is 70.3 Å². The minimum absolute atomic E-state index is 0.112. The molecule has 0 spiro atoms. The molecule has 1 unspecified atom stereocenters. The topological polar surface area (TPSA) is 21.7 Å². The van der Waals surface area contributed by atoms with E-state index in [0.717, 1.165) is 38.5 Å². The number of hydrogen-bond acceptors (Lipinski definition) is 3. The average molecular weight is 518 g/mol. The molecule has 1 heterocycles. The minimum Gasteiger partial charge on any atom is -0.496 e. The summed E-state index contributed by atoms with van der Waals surface area (Å²) < 4.78 is 12.2. The second kappa shape index (κ2) is 9.71. The van der Waals surface area contributed by atoms with Crippen LogP contribution in [0, 0.1) is 5.92 Å². The molecular formula is C36H39NO2. The first-order valence-corrected chi connectivity index (χ1v) is 14.7. The number of rotatable bonds is 4. The third-order valence-corrected chi connectivity index (χ3v) is 10.0. The van der Waals surface area contributed by atoms with Crippen LogP contribution in [0.5, 0.6) is 5.75 Å². The van der Waals surface area contributed by atoms with Gasteiger partial charge in [-0.1, -0.05) is 79.7 Å². The van der Waals surface area contributed by atoms with E-state index in [1.54, 1.807) is 5.56 Å². The lowest BCUT2D eigenvalue weighted by Gasteiger charge is -2.48. The highest BCUT2D eigenvalue weighted by Crippen LogP contribution is 2.60. The molecule has 7 rings (SSSR count). The Morgan fingerprint density at radius 1 is 0.974 bits per heavy atom. The van der Waals surface area contributed by atoms with Crippen molar-refractivity contribution in [2.24, 2.45) is 5.92 Å². The van der Waals surface area contributed by atoms with E-state index in [-0.39, 0.29) is 11.3 Å². The molecule has 1 saturated heterocycles. The first-order valence-electron chi connectivity index (χ1n) is 14.7. The van der Waals surface area contributed by atoms with Crippen LogP contribution in [0.25, 0.3) is 11.3 Å². The van der Waals surface area contributed by atoms with Gasteiger partial charge in [0.05, 0.1) is 26.0 Å². The number of nitrogens with zero attached hydrogens (tertiary/aromatic N) is 1. The number of benzene rings is 3. The summed E-state index contributed by atoms with van der Waals surface area (Å²) in [6.45, 7) is 10.4. The maximum Gasteiger partial charge on any atom is 0.128 e. The van der Waals surface area contributed by atoms with Crippen LogP contribution in [0.4, 0.5) is 0 Å². The Hall–Kier alpha value is -3.30. The highest BCUT2D eigenvalue weighted by atomic mass is 16.5. The summed E-state index contributed by atoms with van der Waals surface area (Å²) >= 11 is 0. The Kier molecular flexibility index (Phi) is 6.16. The summed E-state index contributed by atoms with van der Waals surface area (Å²) in [6, 6.07) is 24.6. The van der Waals surface area contributed by atoms with E-state index in [4.69, 9.17) is 9.47 Å². The lowest BCUT2D eigenvalue weighted by molar-refractivity contribution is 0.0641. The second-order valence-corrected chi connectivity index (χ2v) is 12.0. The van der Waals surface area contributed by atoms with E-state index in [9.17, 15) is 0 Å².